The Morgan fingerprint density at radius 3 is 3.00 bits per heavy atom. The molecule has 0 aromatic carbocycles. The van der Waals surface area contributed by atoms with Crippen molar-refractivity contribution in [2.45, 2.75) is 5.79 Å². The molecule has 14 heavy (non-hydrogen) atoms. The van der Waals surface area contributed by atoms with Crippen molar-refractivity contribution in [2.75, 3.05) is 0 Å². The molecule has 2 unspecified atom stereocenters. The first-order valence-electron chi connectivity index (χ1n) is 4.22. The number of hydrogen-bond donors (Lipinski definition) is 0. The standard InChI is InChI=1S/C10H8FN3/c11-10(14-7-3-6-13-14)5-2-1-4-9(10)8-12/h1-7,9H. The second-order valence-corrected chi connectivity index (χ2v) is 3.03. The summed E-state index contributed by atoms with van der Waals surface area (Å²) in [6.45, 7) is 0. The van der Waals surface area contributed by atoms with E-state index in [1.807, 2.05) is 6.07 Å². The number of hydrogen-bond acceptors (Lipinski definition) is 2. The monoisotopic (exact) mass is 189 g/mol. The van der Waals surface area contributed by atoms with Crippen LogP contribution in [-0.2, 0) is 5.79 Å². The van der Waals surface area contributed by atoms with Gasteiger partial charge in [-0.3, -0.25) is 0 Å². The molecule has 0 bridgehead atoms. The van der Waals surface area contributed by atoms with Crippen molar-refractivity contribution in [3.05, 3.63) is 42.8 Å². The largest absolute Gasteiger partial charge is 0.239 e. The van der Waals surface area contributed by atoms with Gasteiger partial charge in [-0.25, -0.2) is 9.07 Å². The number of aromatic nitrogens is 2. The average Bonchev–Trinajstić information content (AvgIpc) is 2.72. The van der Waals surface area contributed by atoms with E-state index in [4.69, 9.17) is 5.26 Å². The Labute approximate surface area is 80.8 Å². The molecule has 1 aliphatic rings. The minimum Gasteiger partial charge on any atom is -0.231 e. The Morgan fingerprint density at radius 2 is 2.36 bits per heavy atom. The lowest BCUT2D eigenvalue weighted by molar-refractivity contribution is 0.0844. The van der Waals surface area contributed by atoms with Crippen LogP contribution in [0.5, 0.6) is 0 Å². The SMILES string of the molecule is N#CC1C=CC=CC1(F)n1cccn1. The van der Waals surface area contributed by atoms with E-state index < -0.39 is 11.7 Å². The lowest BCUT2D eigenvalue weighted by atomic mass is 9.94. The van der Waals surface area contributed by atoms with Crippen molar-refractivity contribution in [3.8, 4) is 6.07 Å². The average molecular weight is 189 g/mol. The van der Waals surface area contributed by atoms with Gasteiger partial charge in [0.25, 0.3) is 0 Å². The summed E-state index contributed by atoms with van der Waals surface area (Å²) in [7, 11) is 0. The molecule has 1 aliphatic carbocycles. The number of nitriles is 1. The molecule has 1 aromatic heterocycles. The molecule has 0 saturated carbocycles. The highest BCUT2D eigenvalue weighted by molar-refractivity contribution is 5.24. The van der Waals surface area contributed by atoms with Gasteiger partial charge in [-0.05, 0) is 12.1 Å². The van der Waals surface area contributed by atoms with Gasteiger partial charge < -0.3 is 0 Å². The second kappa shape index (κ2) is 3.11. The molecule has 2 atom stereocenters. The molecule has 0 saturated heterocycles. The Balaban J connectivity index is 2.45. The summed E-state index contributed by atoms with van der Waals surface area (Å²) in [4.78, 5) is 0. The van der Waals surface area contributed by atoms with Gasteiger partial charge in [0, 0.05) is 12.4 Å². The molecule has 70 valence electrons. The zero-order valence-corrected chi connectivity index (χ0v) is 7.34. The lowest BCUT2D eigenvalue weighted by Gasteiger charge is -2.26. The maximum atomic E-state index is 14.3. The van der Waals surface area contributed by atoms with E-state index >= 15 is 0 Å². The molecular formula is C10H8FN3. The van der Waals surface area contributed by atoms with Crippen LogP contribution in [0.25, 0.3) is 0 Å². The van der Waals surface area contributed by atoms with Gasteiger partial charge in [0.05, 0.1) is 6.07 Å². The molecule has 4 heteroatoms. The van der Waals surface area contributed by atoms with Crippen molar-refractivity contribution < 1.29 is 4.39 Å². The van der Waals surface area contributed by atoms with Crippen LogP contribution in [0.4, 0.5) is 4.39 Å². The van der Waals surface area contributed by atoms with Gasteiger partial charge >= 0.3 is 0 Å². The van der Waals surface area contributed by atoms with Crippen molar-refractivity contribution in [1.82, 2.24) is 9.78 Å². The molecule has 3 nitrogen and oxygen atoms in total. The highest BCUT2D eigenvalue weighted by atomic mass is 19.1. The summed E-state index contributed by atoms with van der Waals surface area (Å²) in [5, 5.41) is 12.6. The van der Waals surface area contributed by atoms with Crippen LogP contribution >= 0.6 is 0 Å². The van der Waals surface area contributed by atoms with E-state index in [9.17, 15) is 4.39 Å². The molecule has 2 rings (SSSR count). The van der Waals surface area contributed by atoms with Crippen LogP contribution in [0, 0.1) is 17.2 Å². The van der Waals surface area contributed by atoms with Crippen molar-refractivity contribution in [3.63, 3.8) is 0 Å². The minimum absolute atomic E-state index is 0.826. The number of nitrogens with zero attached hydrogens (tertiary/aromatic N) is 3. The van der Waals surface area contributed by atoms with E-state index in [2.05, 4.69) is 5.10 Å². The third kappa shape index (κ3) is 1.14. The first kappa shape index (κ1) is 8.70. The predicted octanol–water partition coefficient (Wildman–Crippen LogP) is 1.77. The van der Waals surface area contributed by atoms with Crippen molar-refractivity contribution in [1.29, 1.82) is 5.26 Å². The fraction of sp³-hybridized carbons (Fsp3) is 0.200. The number of allylic oxidation sites excluding steroid dienone is 4. The fourth-order valence-electron chi connectivity index (χ4n) is 1.43. The first-order chi connectivity index (χ1) is 6.77. The normalized spacial score (nSPS) is 30.1. The second-order valence-electron chi connectivity index (χ2n) is 3.03. The molecule has 1 heterocycles. The molecule has 0 amide bonds. The molecule has 0 aliphatic heterocycles. The Kier molecular flexibility index (Phi) is 1.93. The van der Waals surface area contributed by atoms with E-state index in [1.165, 1.54) is 24.5 Å². The van der Waals surface area contributed by atoms with Crippen LogP contribution in [0.3, 0.4) is 0 Å². The van der Waals surface area contributed by atoms with Crippen LogP contribution in [0.15, 0.2) is 42.8 Å². The Hall–Kier alpha value is -1.89. The first-order valence-corrected chi connectivity index (χ1v) is 4.22. The van der Waals surface area contributed by atoms with Gasteiger partial charge in [-0.15, -0.1) is 0 Å². The summed E-state index contributed by atoms with van der Waals surface area (Å²) < 4.78 is 15.5. The number of halogens is 1. The van der Waals surface area contributed by atoms with Crippen molar-refractivity contribution >= 4 is 0 Å². The van der Waals surface area contributed by atoms with Crippen LogP contribution in [-0.4, -0.2) is 9.78 Å². The van der Waals surface area contributed by atoms with Gasteiger partial charge in [-0.1, -0.05) is 18.2 Å². The number of rotatable bonds is 1. The van der Waals surface area contributed by atoms with Gasteiger partial charge in [-0.2, -0.15) is 10.4 Å². The van der Waals surface area contributed by atoms with E-state index in [1.54, 1.807) is 18.2 Å². The summed E-state index contributed by atoms with van der Waals surface area (Å²) in [6.07, 6.45) is 9.11. The molecule has 0 radical (unpaired) electrons. The van der Waals surface area contributed by atoms with E-state index in [0.29, 0.717) is 0 Å². The third-order valence-corrected chi connectivity index (χ3v) is 2.18. The van der Waals surface area contributed by atoms with Crippen LogP contribution in [0.2, 0.25) is 0 Å². The topological polar surface area (TPSA) is 41.6 Å². The van der Waals surface area contributed by atoms with E-state index in [-0.39, 0.29) is 0 Å². The third-order valence-electron chi connectivity index (χ3n) is 2.18. The van der Waals surface area contributed by atoms with Gasteiger partial charge in [0.1, 0.15) is 5.92 Å². The summed E-state index contributed by atoms with van der Waals surface area (Å²) in [5.41, 5.74) is 0. The molecule has 0 N–H and O–H groups in total. The van der Waals surface area contributed by atoms with Gasteiger partial charge in [0.15, 0.2) is 0 Å². The number of alkyl halides is 1. The Morgan fingerprint density at radius 1 is 1.50 bits per heavy atom. The highest BCUT2D eigenvalue weighted by Gasteiger charge is 2.39. The maximum Gasteiger partial charge on any atom is 0.239 e. The smallest absolute Gasteiger partial charge is 0.231 e. The molecule has 0 fully saturated rings. The maximum absolute atomic E-state index is 14.3. The van der Waals surface area contributed by atoms with Gasteiger partial charge in [0.2, 0.25) is 5.79 Å². The quantitative estimate of drug-likeness (QED) is 0.675. The predicted molar refractivity (Wildman–Crippen MR) is 48.7 cm³/mol. The molecule has 1 aromatic rings. The zero-order chi connectivity index (χ0) is 10.0. The molecule has 0 spiro atoms. The Bertz CT molecular complexity index is 413. The summed E-state index contributed by atoms with van der Waals surface area (Å²) >= 11 is 0. The summed E-state index contributed by atoms with van der Waals surface area (Å²) in [5.74, 6) is -2.68. The van der Waals surface area contributed by atoms with Crippen LogP contribution < -0.4 is 0 Å². The molecular weight excluding hydrogens is 181 g/mol. The van der Waals surface area contributed by atoms with Crippen LogP contribution in [0.1, 0.15) is 0 Å². The summed E-state index contributed by atoms with van der Waals surface area (Å²) in [6, 6.07) is 3.54. The fourth-order valence-corrected chi connectivity index (χ4v) is 1.43. The van der Waals surface area contributed by atoms with Crippen molar-refractivity contribution in [2.24, 2.45) is 5.92 Å². The van der Waals surface area contributed by atoms with E-state index in [0.717, 1.165) is 4.68 Å². The lowest BCUT2D eigenvalue weighted by Crippen LogP contribution is -2.35. The highest BCUT2D eigenvalue weighted by Crippen LogP contribution is 2.32. The minimum atomic E-state index is -1.85. The zero-order valence-electron chi connectivity index (χ0n) is 7.34.